The summed E-state index contributed by atoms with van der Waals surface area (Å²) in [5.41, 5.74) is -0.140. The molecular formula is C10H10BrN3O6. The number of aliphatic hydroxyl groups is 1. The van der Waals surface area contributed by atoms with Crippen molar-refractivity contribution in [2.24, 2.45) is 0 Å². The van der Waals surface area contributed by atoms with Crippen molar-refractivity contribution in [3.63, 3.8) is 0 Å². The summed E-state index contributed by atoms with van der Waals surface area (Å²) in [6.45, 7) is -0.779. The Morgan fingerprint density at radius 3 is 2.60 bits per heavy atom. The first-order chi connectivity index (χ1) is 9.35. The number of aliphatic hydroxyl groups excluding tert-OH is 1. The number of carbonyl (C=O) groups is 2. The molecule has 10 heteroatoms. The molecule has 0 fully saturated rings. The number of hydrogen-bond donors (Lipinski definition) is 4. The molecule has 4 N–H and O–H groups in total. The van der Waals surface area contributed by atoms with E-state index in [4.69, 9.17) is 10.2 Å². The second-order valence-electron chi connectivity index (χ2n) is 3.59. The van der Waals surface area contributed by atoms with Crippen molar-refractivity contribution in [2.75, 3.05) is 11.9 Å². The minimum atomic E-state index is -1.47. The highest BCUT2D eigenvalue weighted by Crippen LogP contribution is 2.26. The largest absolute Gasteiger partial charge is 0.480 e. The second-order valence-corrected chi connectivity index (χ2v) is 4.45. The lowest BCUT2D eigenvalue weighted by Crippen LogP contribution is -2.45. The van der Waals surface area contributed by atoms with E-state index in [0.29, 0.717) is 4.47 Å². The van der Waals surface area contributed by atoms with Crippen LogP contribution in [0.2, 0.25) is 0 Å². The maximum absolute atomic E-state index is 11.5. The number of rotatable bonds is 5. The summed E-state index contributed by atoms with van der Waals surface area (Å²) in [4.78, 5) is 32.1. The fraction of sp³-hybridized carbons (Fsp3) is 0.200. The van der Waals surface area contributed by atoms with Crippen LogP contribution in [-0.2, 0) is 4.79 Å². The first-order valence-electron chi connectivity index (χ1n) is 5.20. The Kier molecular flexibility index (Phi) is 5.41. The lowest BCUT2D eigenvalue weighted by atomic mass is 10.3. The Labute approximate surface area is 120 Å². The highest BCUT2D eigenvalue weighted by atomic mass is 79.9. The van der Waals surface area contributed by atoms with E-state index in [1.807, 2.05) is 5.32 Å². The number of nitrogens with one attached hydrogen (secondary N) is 2. The van der Waals surface area contributed by atoms with Crippen LogP contribution in [0.1, 0.15) is 0 Å². The fourth-order valence-corrected chi connectivity index (χ4v) is 1.57. The number of halogens is 1. The third-order valence-corrected chi connectivity index (χ3v) is 2.89. The van der Waals surface area contributed by atoms with Crippen molar-refractivity contribution in [2.45, 2.75) is 6.04 Å². The molecule has 0 saturated heterocycles. The van der Waals surface area contributed by atoms with Gasteiger partial charge >= 0.3 is 12.0 Å². The molecule has 1 unspecified atom stereocenters. The average Bonchev–Trinajstić information content (AvgIpc) is 2.37. The van der Waals surface area contributed by atoms with Crippen molar-refractivity contribution in [3.8, 4) is 0 Å². The number of benzene rings is 1. The number of carbonyl (C=O) groups excluding carboxylic acids is 1. The molecule has 108 valence electrons. The van der Waals surface area contributed by atoms with Gasteiger partial charge in [-0.15, -0.1) is 0 Å². The molecule has 0 heterocycles. The maximum atomic E-state index is 11.5. The van der Waals surface area contributed by atoms with Crippen LogP contribution in [0.4, 0.5) is 16.2 Å². The number of amides is 2. The molecule has 0 spiro atoms. The average molecular weight is 348 g/mol. The molecule has 0 bridgehead atoms. The predicted molar refractivity (Wildman–Crippen MR) is 71.5 cm³/mol. The van der Waals surface area contributed by atoms with Gasteiger partial charge in [0.05, 0.1) is 17.2 Å². The Morgan fingerprint density at radius 2 is 2.10 bits per heavy atom. The van der Waals surface area contributed by atoms with Gasteiger partial charge in [-0.3, -0.25) is 10.1 Å². The molecule has 1 aromatic rings. The minimum absolute atomic E-state index is 0.0961. The minimum Gasteiger partial charge on any atom is -0.480 e. The van der Waals surface area contributed by atoms with Crippen LogP contribution >= 0.6 is 15.9 Å². The van der Waals surface area contributed by atoms with Crippen molar-refractivity contribution in [1.82, 2.24) is 5.32 Å². The lowest BCUT2D eigenvalue weighted by molar-refractivity contribution is -0.384. The third-order valence-electron chi connectivity index (χ3n) is 2.19. The molecule has 0 aromatic heterocycles. The van der Waals surface area contributed by atoms with Gasteiger partial charge in [-0.1, -0.05) is 0 Å². The highest BCUT2D eigenvalue weighted by Gasteiger charge is 2.19. The number of carboxylic acid groups (broad SMARTS) is 1. The molecule has 0 aliphatic rings. The molecule has 20 heavy (non-hydrogen) atoms. The van der Waals surface area contributed by atoms with Crippen LogP contribution < -0.4 is 10.6 Å². The van der Waals surface area contributed by atoms with Crippen LogP contribution in [0.5, 0.6) is 0 Å². The van der Waals surface area contributed by atoms with Gasteiger partial charge < -0.3 is 20.8 Å². The molecule has 0 aliphatic heterocycles. The highest BCUT2D eigenvalue weighted by molar-refractivity contribution is 9.10. The van der Waals surface area contributed by atoms with Gasteiger partial charge in [0, 0.05) is 16.6 Å². The van der Waals surface area contributed by atoms with E-state index in [9.17, 15) is 19.7 Å². The van der Waals surface area contributed by atoms with E-state index in [0.717, 1.165) is 6.07 Å². The Morgan fingerprint density at radius 1 is 1.45 bits per heavy atom. The summed E-state index contributed by atoms with van der Waals surface area (Å²) >= 11 is 3.09. The van der Waals surface area contributed by atoms with Gasteiger partial charge in [0.2, 0.25) is 0 Å². The Balaban J connectivity index is 2.82. The number of urea groups is 1. The van der Waals surface area contributed by atoms with Crippen molar-refractivity contribution < 1.29 is 24.7 Å². The lowest BCUT2D eigenvalue weighted by Gasteiger charge is -2.13. The number of nitro benzene ring substituents is 1. The van der Waals surface area contributed by atoms with E-state index >= 15 is 0 Å². The fourth-order valence-electron chi connectivity index (χ4n) is 1.22. The van der Waals surface area contributed by atoms with Crippen LogP contribution in [0.3, 0.4) is 0 Å². The smallest absolute Gasteiger partial charge is 0.328 e. The van der Waals surface area contributed by atoms with Crippen LogP contribution in [-0.4, -0.2) is 39.8 Å². The quantitative estimate of drug-likeness (QED) is 0.461. The SMILES string of the molecule is O=C(Nc1cc([N+](=O)[O-])ccc1Br)NC(CO)C(=O)O. The number of anilines is 1. The Bertz CT molecular complexity index is 550. The van der Waals surface area contributed by atoms with Crippen LogP contribution in [0, 0.1) is 10.1 Å². The summed E-state index contributed by atoms with van der Waals surface area (Å²) in [5, 5.41) is 32.3. The molecule has 2 amide bonds. The molecule has 0 saturated carbocycles. The number of non-ortho nitro benzene ring substituents is 1. The van der Waals surface area contributed by atoms with E-state index in [1.54, 1.807) is 0 Å². The standard InChI is InChI=1S/C10H10BrN3O6/c11-6-2-1-5(14(19)20)3-7(6)12-10(18)13-8(4-15)9(16)17/h1-3,8,15H,4H2,(H,16,17)(H2,12,13,18). The van der Waals surface area contributed by atoms with Gasteiger partial charge in [-0.25, -0.2) is 9.59 Å². The number of carboxylic acids is 1. The van der Waals surface area contributed by atoms with Gasteiger partial charge in [0.15, 0.2) is 6.04 Å². The van der Waals surface area contributed by atoms with E-state index in [-0.39, 0.29) is 11.4 Å². The van der Waals surface area contributed by atoms with Crippen LogP contribution in [0.15, 0.2) is 22.7 Å². The number of nitro groups is 1. The van der Waals surface area contributed by atoms with Crippen molar-refractivity contribution >= 4 is 39.3 Å². The van der Waals surface area contributed by atoms with Gasteiger partial charge in [-0.2, -0.15) is 0 Å². The van der Waals surface area contributed by atoms with Gasteiger partial charge in [0.25, 0.3) is 5.69 Å². The van der Waals surface area contributed by atoms with Crippen molar-refractivity contribution in [1.29, 1.82) is 0 Å². The number of hydrogen-bond acceptors (Lipinski definition) is 5. The zero-order valence-electron chi connectivity index (χ0n) is 9.87. The van der Waals surface area contributed by atoms with Crippen molar-refractivity contribution in [3.05, 3.63) is 32.8 Å². The Hall–Kier alpha value is -2.20. The van der Waals surface area contributed by atoms with E-state index in [1.165, 1.54) is 12.1 Å². The molecule has 0 radical (unpaired) electrons. The second kappa shape index (κ2) is 6.82. The number of aliphatic carboxylic acids is 1. The first-order valence-corrected chi connectivity index (χ1v) is 5.99. The molecule has 1 aromatic carbocycles. The summed E-state index contributed by atoms with van der Waals surface area (Å²) in [5.74, 6) is -1.40. The first kappa shape index (κ1) is 15.9. The molecule has 1 rings (SSSR count). The van der Waals surface area contributed by atoms with E-state index < -0.39 is 29.6 Å². The monoisotopic (exact) mass is 347 g/mol. The summed E-state index contributed by atoms with van der Waals surface area (Å²) < 4.78 is 0.383. The molecule has 0 aliphatic carbocycles. The zero-order chi connectivity index (χ0) is 15.3. The summed E-state index contributed by atoms with van der Waals surface area (Å²) in [6, 6.07) is 1.34. The maximum Gasteiger partial charge on any atom is 0.328 e. The van der Waals surface area contributed by atoms with Gasteiger partial charge in [-0.05, 0) is 22.0 Å². The number of nitrogens with zero attached hydrogens (tertiary/aromatic N) is 1. The molecule has 9 nitrogen and oxygen atoms in total. The van der Waals surface area contributed by atoms with Crippen LogP contribution in [0.25, 0.3) is 0 Å². The molecular weight excluding hydrogens is 338 g/mol. The summed E-state index contributed by atoms with van der Waals surface area (Å²) in [7, 11) is 0. The third kappa shape index (κ3) is 4.17. The normalized spacial score (nSPS) is 11.5. The van der Waals surface area contributed by atoms with E-state index in [2.05, 4.69) is 21.2 Å². The zero-order valence-corrected chi connectivity index (χ0v) is 11.5. The molecule has 1 atom stereocenters. The predicted octanol–water partition coefficient (Wildman–Crippen LogP) is 0.924. The topological polar surface area (TPSA) is 142 Å². The van der Waals surface area contributed by atoms with Gasteiger partial charge in [0.1, 0.15) is 0 Å². The summed E-state index contributed by atoms with van der Waals surface area (Å²) in [6.07, 6.45) is 0.